The lowest BCUT2D eigenvalue weighted by Crippen LogP contribution is -2.30. The van der Waals surface area contributed by atoms with Crippen LogP contribution in [0.4, 0.5) is 4.39 Å². The molecule has 0 bridgehead atoms. The predicted octanol–water partition coefficient (Wildman–Crippen LogP) is 0.753. The number of rotatable bonds is 5. The molecule has 20 heavy (non-hydrogen) atoms. The van der Waals surface area contributed by atoms with Crippen molar-refractivity contribution in [1.29, 1.82) is 0 Å². The highest BCUT2D eigenvalue weighted by molar-refractivity contribution is 5.76. The fourth-order valence-electron chi connectivity index (χ4n) is 1.85. The molecule has 1 aromatic carbocycles. The third-order valence-electron chi connectivity index (χ3n) is 2.85. The van der Waals surface area contributed by atoms with Crippen LogP contribution in [0.25, 0.3) is 0 Å². The van der Waals surface area contributed by atoms with E-state index in [4.69, 9.17) is 5.73 Å². The van der Waals surface area contributed by atoms with Gasteiger partial charge in [-0.05, 0) is 13.0 Å². The summed E-state index contributed by atoms with van der Waals surface area (Å²) in [4.78, 5) is 11.9. The van der Waals surface area contributed by atoms with Gasteiger partial charge in [0, 0.05) is 12.1 Å². The molecule has 2 aromatic rings. The first kappa shape index (κ1) is 14.1. The SMILES string of the molecule is C[C@@H](NC(=O)Cn1cc(CN)nn1)c1ccccc1F. The molecule has 1 amide bonds. The molecule has 0 aliphatic heterocycles. The third-order valence-corrected chi connectivity index (χ3v) is 2.85. The maximum absolute atomic E-state index is 13.6. The first-order chi connectivity index (χ1) is 9.60. The summed E-state index contributed by atoms with van der Waals surface area (Å²) < 4.78 is 15.0. The molecule has 0 radical (unpaired) electrons. The third kappa shape index (κ3) is 3.39. The van der Waals surface area contributed by atoms with E-state index in [2.05, 4.69) is 15.6 Å². The topological polar surface area (TPSA) is 85.8 Å². The Kier molecular flexibility index (Phi) is 4.41. The predicted molar refractivity (Wildman–Crippen MR) is 70.9 cm³/mol. The largest absolute Gasteiger partial charge is 0.348 e. The number of nitrogens with one attached hydrogen (secondary N) is 1. The number of benzene rings is 1. The Bertz CT molecular complexity index is 598. The zero-order valence-electron chi connectivity index (χ0n) is 11.1. The first-order valence-corrected chi connectivity index (χ1v) is 6.23. The Hall–Kier alpha value is -2.28. The van der Waals surface area contributed by atoms with E-state index < -0.39 is 6.04 Å². The lowest BCUT2D eigenvalue weighted by atomic mass is 10.1. The van der Waals surface area contributed by atoms with Crippen molar-refractivity contribution in [3.8, 4) is 0 Å². The van der Waals surface area contributed by atoms with Crippen LogP contribution in [0.15, 0.2) is 30.5 Å². The number of amides is 1. The average Bonchev–Trinajstić information content (AvgIpc) is 2.86. The number of aromatic nitrogens is 3. The average molecular weight is 277 g/mol. The van der Waals surface area contributed by atoms with Gasteiger partial charge in [-0.3, -0.25) is 4.79 Å². The molecule has 0 unspecified atom stereocenters. The summed E-state index contributed by atoms with van der Waals surface area (Å²) in [6.45, 7) is 2.02. The molecule has 0 aliphatic carbocycles. The number of hydrogen-bond donors (Lipinski definition) is 2. The lowest BCUT2D eigenvalue weighted by Gasteiger charge is -2.14. The molecule has 7 heteroatoms. The van der Waals surface area contributed by atoms with Crippen molar-refractivity contribution in [2.24, 2.45) is 5.73 Å². The van der Waals surface area contributed by atoms with Crippen LogP contribution >= 0.6 is 0 Å². The van der Waals surface area contributed by atoms with E-state index in [0.29, 0.717) is 11.3 Å². The van der Waals surface area contributed by atoms with Gasteiger partial charge >= 0.3 is 0 Å². The van der Waals surface area contributed by atoms with Crippen molar-refractivity contribution in [2.45, 2.75) is 26.1 Å². The van der Waals surface area contributed by atoms with Crippen LogP contribution in [0.1, 0.15) is 24.2 Å². The fourth-order valence-corrected chi connectivity index (χ4v) is 1.85. The molecule has 0 aliphatic rings. The summed E-state index contributed by atoms with van der Waals surface area (Å²) >= 11 is 0. The Labute approximate surface area is 115 Å². The standard InChI is InChI=1S/C13H16FN5O/c1-9(11-4-2-3-5-12(11)14)16-13(20)8-19-7-10(6-15)17-18-19/h2-5,7,9H,6,8,15H2,1H3,(H,16,20)/t9-/m1/s1. The van der Waals surface area contributed by atoms with E-state index in [-0.39, 0.29) is 24.8 Å². The van der Waals surface area contributed by atoms with E-state index in [0.717, 1.165) is 0 Å². The zero-order valence-corrected chi connectivity index (χ0v) is 11.1. The number of carbonyl (C=O) groups is 1. The number of halogens is 1. The molecule has 1 atom stereocenters. The van der Waals surface area contributed by atoms with Crippen molar-refractivity contribution in [2.75, 3.05) is 0 Å². The van der Waals surface area contributed by atoms with Gasteiger partial charge in [-0.25, -0.2) is 9.07 Å². The monoisotopic (exact) mass is 277 g/mol. The quantitative estimate of drug-likeness (QED) is 0.844. The summed E-state index contributed by atoms with van der Waals surface area (Å²) in [5, 5.41) is 10.3. The molecular weight excluding hydrogens is 261 g/mol. The van der Waals surface area contributed by atoms with Gasteiger partial charge in [0.2, 0.25) is 5.91 Å². The van der Waals surface area contributed by atoms with Crippen molar-refractivity contribution in [1.82, 2.24) is 20.3 Å². The second kappa shape index (κ2) is 6.25. The molecule has 106 valence electrons. The van der Waals surface area contributed by atoms with Crippen LogP contribution in [0.2, 0.25) is 0 Å². The molecular formula is C13H16FN5O. The molecule has 0 saturated heterocycles. The van der Waals surface area contributed by atoms with Crippen LogP contribution < -0.4 is 11.1 Å². The summed E-state index contributed by atoms with van der Waals surface area (Å²) in [5.74, 6) is -0.610. The maximum Gasteiger partial charge on any atom is 0.242 e. The highest BCUT2D eigenvalue weighted by atomic mass is 19.1. The molecule has 1 heterocycles. The number of nitrogens with zero attached hydrogens (tertiary/aromatic N) is 3. The van der Waals surface area contributed by atoms with Crippen LogP contribution in [0, 0.1) is 5.82 Å². The first-order valence-electron chi connectivity index (χ1n) is 6.23. The lowest BCUT2D eigenvalue weighted by molar-refractivity contribution is -0.122. The van der Waals surface area contributed by atoms with Crippen LogP contribution in [-0.2, 0) is 17.9 Å². The molecule has 1 aromatic heterocycles. The Morgan fingerprint density at radius 3 is 2.90 bits per heavy atom. The van der Waals surface area contributed by atoms with E-state index in [1.165, 1.54) is 10.7 Å². The summed E-state index contributed by atoms with van der Waals surface area (Å²) in [7, 11) is 0. The van der Waals surface area contributed by atoms with E-state index in [1.807, 2.05) is 0 Å². The van der Waals surface area contributed by atoms with Crippen molar-refractivity contribution >= 4 is 5.91 Å². The van der Waals surface area contributed by atoms with Gasteiger partial charge in [0.25, 0.3) is 0 Å². The highest BCUT2D eigenvalue weighted by Crippen LogP contribution is 2.15. The summed E-state index contributed by atoms with van der Waals surface area (Å²) in [6, 6.07) is 5.93. The van der Waals surface area contributed by atoms with Crippen LogP contribution in [-0.4, -0.2) is 20.9 Å². The van der Waals surface area contributed by atoms with E-state index in [1.54, 1.807) is 31.3 Å². The van der Waals surface area contributed by atoms with Crippen LogP contribution in [0.3, 0.4) is 0 Å². The molecule has 0 fully saturated rings. The molecule has 0 saturated carbocycles. The Morgan fingerprint density at radius 1 is 1.50 bits per heavy atom. The second-order valence-corrected chi connectivity index (χ2v) is 4.42. The van der Waals surface area contributed by atoms with Gasteiger partial charge in [-0.1, -0.05) is 23.4 Å². The van der Waals surface area contributed by atoms with Gasteiger partial charge in [0.1, 0.15) is 12.4 Å². The minimum Gasteiger partial charge on any atom is -0.348 e. The minimum atomic E-state index is -0.416. The van der Waals surface area contributed by atoms with E-state index in [9.17, 15) is 9.18 Å². The van der Waals surface area contributed by atoms with Crippen molar-refractivity contribution < 1.29 is 9.18 Å². The molecule has 2 rings (SSSR count). The maximum atomic E-state index is 13.6. The smallest absolute Gasteiger partial charge is 0.242 e. The molecule has 3 N–H and O–H groups in total. The summed E-state index contributed by atoms with van der Waals surface area (Å²) in [6.07, 6.45) is 1.60. The van der Waals surface area contributed by atoms with Gasteiger partial charge in [-0.2, -0.15) is 0 Å². The summed E-state index contributed by atoms with van der Waals surface area (Å²) in [5.41, 5.74) is 6.47. The van der Waals surface area contributed by atoms with Gasteiger partial charge in [-0.15, -0.1) is 5.10 Å². The number of nitrogens with two attached hydrogens (primary N) is 1. The Morgan fingerprint density at radius 2 is 2.25 bits per heavy atom. The fraction of sp³-hybridized carbons (Fsp3) is 0.308. The Balaban J connectivity index is 1.96. The van der Waals surface area contributed by atoms with Crippen molar-refractivity contribution in [3.63, 3.8) is 0 Å². The zero-order chi connectivity index (χ0) is 14.5. The van der Waals surface area contributed by atoms with E-state index >= 15 is 0 Å². The van der Waals surface area contributed by atoms with Gasteiger partial charge in [0.15, 0.2) is 0 Å². The number of carbonyl (C=O) groups excluding carboxylic acids is 1. The molecule has 0 spiro atoms. The normalized spacial score (nSPS) is 12.2. The van der Waals surface area contributed by atoms with Crippen molar-refractivity contribution in [3.05, 3.63) is 47.5 Å². The minimum absolute atomic E-state index is 0.0196. The second-order valence-electron chi connectivity index (χ2n) is 4.42. The van der Waals surface area contributed by atoms with Crippen LogP contribution in [0.5, 0.6) is 0 Å². The highest BCUT2D eigenvalue weighted by Gasteiger charge is 2.13. The number of hydrogen-bond acceptors (Lipinski definition) is 4. The van der Waals surface area contributed by atoms with Gasteiger partial charge in [0.05, 0.1) is 17.9 Å². The van der Waals surface area contributed by atoms with Gasteiger partial charge < -0.3 is 11.1 Å². The molecule has 6 nitrogen and oxygen atoms in total.